The van der Waals surface area contributed by atoms with Crippen LogP contribution in [0.1, 0.15) is 26.7 Å². The molecule has 1 N–H and O–H groups in total. The highest BCUT2D eigenvalue weighted by molar-refractivity contribution is 4.87. The lowest BCUT2D eigenvalue weighted by Gasteiger charge is -2.34. The Morgan fingerprint density at radius 2 is 2.33 bits per heavy atom. The summed E-state index contributed by atoms with van der Waals surface area (Å²) in [4.78, 5) is 2.14. The molecule has 0 bridgehead atoms. The Morgan fingerprint density at radius 1 is 1.67 bits per heavy atom. The van der Waals surface area contributed by atoms with E-state index in [0.717, 1.165) is 19.4 Å². The van der Waals surface area contributed by atoms with Crippen LogP contribution in [-0.4, -0.2) is 42.0 Å². The molecule has 1 aliphatic heterocycles. The van der Waals surface area contributed by atoms with Gasteiger partial charge in [0.05, 0.1) is 13.2 Å². The van der Waals surface area contributed by atoms with Gasteiger partial charge in [0, 0.05) is 6.04 Å². The molecule has 1 heterocycles. The summed E-state index contributed by atoms with van der Waals surface area (Å²) < 4.78 is 5.63. The van der Waals surface area contributed by atoms with Gasteiger partial charge in [-0.05, 0) is 20.4 Å². The van der Waals surface area contributed by atoms with E-state index in [1.54, 1.807) is 0 Å². The third-order valence-electron chi connectivity index (χ3n) is 2.78. The van der Waals surface area contributed by atoms with Gasteiger partial charge in [-0.1, -0.05) is 13.3 Å². The van der Waals surface area contributed by atoms with Crippen molar-refractivity contribution < 1.29 is 9.84 Å². The van der Waals surface area contributed by atoms with Crippen molar-refractivity contribution in [2.75, 3.05) is 20.3 Å². The van der Waals surface area contributed by atoms with Crippen LogP contribution in [0.3, 0.4) is 0 Å². The lowest BCUT2D eigenvalue weighted by atomic mass is 10.1. The van der Waals surface area contributed by atoms with Gasteiger partial charge in [0.25, 0.3) is 0 Å². The SMILES string of the molecule is CCCC1(CO)OCC(C)N1C. The van der Waals surface area contributed by atoms with Crippen LogP contribution in [0.5, 0.6) is 0 Å². The second-order valence-electron chi connectivity index (χ2n) is 3.63. The second-order valence-corrected chi connectivity index (χ2v) is 3.63. The normalized spacial score (nSPS) is 37.5. The fraction of sp³-hybridized carbons (Fsp3) is 1.00. The van der Waals surface area contributed by atoms with Gasteiger partial charge in [0.1, 0.15) is 5.72 Å². The molecule has 0 radical (unpaired) electrons. The van der Waals surface area contributed by atoms with E-state index in [1.807, 2.05) is 7.05 Å². The Bertz CT molecular complexity index is 147. The maximum atomic E-state index is 9.27. The molecule has 0 amide bonds. The highest BCUT2D eigenvalue weighted by Crippen LogP contribution is 2.29. The molecule has 0 aromatic heterocycles. The monoisotopic (exact) mass is 173 g/mol. The molecule has 0 aromatic carbocycles. The standard InChI is InChI=1S/C9H19NO2/c1-4-5-9(7-11)10(3)8(2)6-12-9/h8,11H,4-7H2,1-3H3. The predicted octanol–water partition coefficient (Wildman–Crippen LogP) is 0.826. The first-order valence-electron chi connectivity index (χ1n) is 4.64. The van der Waals surface area contributed by atoms with E-state index in [4.69, 9.17) is 4.74 Å². The lowest BCUT2D eigenvalue weighted by molar-refractivity contribution is -0.114. The van der Waals surface area contributed by atoms with Crippen molar-refractivity contribution >= 4 is 0 Å². The van der Waals surface area contributed by atoms with E-state index in [9.17, 15) is 5.11 Å². The number of aliphatic hydroxyl groups is 1. The summed E-state index contributed by atoms with van der Waals surface area (Å²) in [6.07, 6.45) is 1.95. The number of hydrogen-bond acceptors (Lipinski definition) is 3. The summed E-state index contributed by atoms with van der Waals surface area (Å²) in [6, 6.07) is 0.420. The molecule has 3 nitrogen and oxygen atoms in total. The maximum absolute atomic E-state index is 9.27. The van der Waals surface area contributed by atoms with E-state index >= 15 is 0 Å². The average molecular weight is 173 g/mol. The van der Waals surface area contributed by atoms with Crippen molar-refractivity contribution in [3.63, 3.8) is 0 Å². The van der Waals surface area contributed by atoms with Gasteiger partial charge in [-0.25, -0.2) is 0 Å². The molecule has 0 spiro atoms. The number of nitrogens with zero attached hydrogens (tertiary/aromatic N) is 1. The Morgan fingerprint density at radius 3 is 2.67 bits per heavy atom. The van der Waals surface area contributed by atoms with Crippen molar-refractivity contribution in [1.82, 2.24) is 4.90 Å². The topological polar surface area (TPSA) is 32.7 Å². The highest BCUT2D eigenvalue weighted by Gasteiger charge is 2.42. The predicted molar refractivity (Wildman–Crippen MR) is 47.9 cm³/mol. The van der Waals surface area contributed by atoms with Gasteiger partial charge in [-0.3, -0.25) is 4.90 Å². The van der Waals surface area contributed by atoms with E-state index in [0.29, 0.717) is 6.04 Å². The molecule has 0 aliphatic carbocycles. The fourth-order valence-corrected chi connectivity index (χ4v) is 1.77. The Hall–Kier alpha value is -0.120. The summed E-state index contributed by atoms with van der Waals surface area (Å²) in [7, 11) is 2.02. The fourth-order valence-electron chi connectivity index (χ4n) is 1.77. The number of hydrogen-bond donors (Lipinski definition) is 1. The number of aliphatic hydroxyl groups excluding tert-OH is 1. The first-order valence-corrected chi connectivity index (χ1v) is 4.64. The Kier molecular flexibility index (Phi) is 3.09. The zero-order valence-corrected chi connectivity index (χ0v) is 8.21. The van der Waals surface area contributed by atoms with Gasteiger partial charge < -0.3 is 9.84 Å². The Labute approximate surface area is 74.3 Å². The van der Waals surface area contributed by atoms with Crippen LogP contribution in [0.15, 0.2) is 0 Å². The van der Waals surface area contributed by atoms with Gasteiger partial charge in [0.15, 0.2) is 0 Å². The van der Waals surface area contributed by atoms with Crippen LogP contribution < -0.4 is 0 Å². The quantitative estimate of drug-likeness (QED) is 0.686. The molecule has 2 unspecified atom stereocenters. The number of rotatable bonds is 3. The molecule has 3 heteroatoms. The van der Waals surface area contributed by atoms with Crippen molar-refractivity contribution in [2.24, 2.45) is 0 Å². The summed E-state index contributed by atoms with van der Waals surface area (Å²) in [5.74, 6) is 0. The molecule has 1 saturated heterocycles. The van der Waals surface area contributed by atoms with Crippen molar-refractivity contribution in [3.05, 3.63) is 0 Å². The molecule has 2 atom stereocenters. The molecular weight excluding hydrogens is 154 g/mol. The molecule has 1 rings (SSSR count). The first kappa shape index (κ1) is 9.96. The minimum absolute atomic E-state index is 0.0989. The molecule has 0 aromatic rings. The van der Waals surface area contributed by atoms with Crippen LogP contribution in [-0.2, 0) is 4.74 Å². The molecular formula is C9H19NO2. The third kappa shape index (κ3) is 1.49. The van der Waals surface area contributed by atoms with E-state index in [-0.39, 0.29) is 6.61 Å². The van der Waals surface area contributed by atoms with Crippen molar-refractivity contribution in [3.8, 4) is 0 Å². The van der Waals surface area contributed by atoms with Crippen LogP contribution >= 0.6 is 0 Å². The molecule has 1 fully saturated rings. The van der Waals surface area contributed by atoms with Crippen LogP contribution in [0.4, 0.5) is 0 Å². The average Bonchev–Trinajstić information content (AvgIpc) is 2.35. The first-order chi connectivity index (χ1) is 5.66. The number of ether oxygens (including phenoxy) is 1. The zero-order chi connectivity index (χ0) is 9.19. The van der Waals surface area contributed by atoms with Gasteiger partial charge in [0.2, 0.25) is 0 Å². The lowest BCUT2D eigenvalue weighted by Crippen LogP contribution is -2.47. The summed E-state index contributed by atoms with van der Waals surface area (Å²) >= 11 is 0. The summed E-state index contributed by atoms with van der Waals surface area (Å²) in [6.45, 7) is 5.06. The largest absolute Gasteiger partial charge is 0.392 e. The van der Waals surface area contributed by atoms with Crippen LogP contribution in [0.25, 0.3) is 0 Å². The molecule has 72 valence electrons. The smallest absolute Gasteiger partial charge is 0.145 e. The van der Waals surface area contributed by atoms with Crippen LogP contribution in [0.2, 0.25) is 0 Å². The number of likely N-dealkylation sites (N-methyl/N-ethyl adjacent to an activating group) is 1. The zero-order valence-electron chi connectivity index (χ0n) is 8.21. The maximum Gasteiger partial charge on any atom is 0.145 e. The van der Waals surface area contributed by atoms with Gasteiger partial charge in [-0.2, -0.15) is 0 Å². The Balaban J connectivity index is 2.66. The van der Waals surface area contributed by atoms with Crippen LogP contribution in [0, 0.1) is 0 Å². The van der Waals surface area contributed by atoms with E-state index in [1.165, 1.54) is 0 Å². The highest BCUT2D eigenvalue weighted by atomic mass is 16.5. The van der Waals surface area contributed by atoms with E-state index in [2.05, 4.69) is 18.7 Å². The minimum atomic E-state index is -0.395. The molecule has 12 heavy (non-hydrogen) atoms. The molecule has 0 saturated carbocycles. The molecule has 1 aliphatic rings. The third-order valence-corrected chi connectivity index (χ3v) is 2.78. The minimum Gasteiger partial charge on any atom is -0.392 e. The summed E-state index contributed by atoms with van der Waals surface area (Å²) in [5, 5.41) is 9.27. The van der Waals surface area contributed by atoms with Gasteiger partial charge in [-0.15, -0.1) is 0 Å². The van der Waals surface area contributed by atoms with Crippen molar-refractivity contribution in [1.29, 1.82) is 0 Å². The summed E-state index contributed by atoms with van der Waals surface area (Å²) in [5.41, 5.74) is -0.395. The van der Waals surface area contributed by atoms with E-state index < -0.39 is 5.72 Å². The van der Waals surface area contributed by atoms with Crippen molar-refractivity contribution in [2.45, 2.75) is 38.5 Å². The van der Waals surface area contributed by atoms with Gasteiger partial charge >= 0.3 is 0 Å². The second kappa shape index (κ2) is 3.73.